The second kappa shape index (κ2) is 9.64. The molecule has 0 atom stereocenters. The van der Waals surface area contributed by atoms with Gasteiger partial charge in [-0.15, -0.1) is 5.10 Å². The molecule has 0 saturated heterocycles. The fourth-order valence-electron chi connectivity index (χ4n) is 2.92. The van der Waals surface area contributed by atoms with Gasteiger partial charge in [0.1, 0.15) is 5.75 Å². The van der Waals surface area contributed by atoms with E-state index in [0.29, 0.717) is 29.5 Å². The molecule has 9 heteroatoms. The molecular formula is C21H24N4O5. The maximum Gasteiger partial charge on any atom is 0.249 e. The Morgan fingerprint density at radius 3 is 2.20 bits per heavy atom. The van der Waals surface area contributed by atoms with Gasteiger partial charge in [0, 0.05) is 12.0 Å². The predicted molar refractivity (Wildman–Crippen MR) is 111 cm³/mol. The van der Waals surface area contributed by atoms with Gasteiger partial charge in [-0.05, 0) is 48.4 Å². The molecular weight excluding hydrogens is 388 g/mol. The number of aromatic amines is 1. The number of hydrogen-bond acceptors (Lipinski definition) is 7. The standard InChI is InChI=1S/C21H24N4O5/c1-27-15-8-6-14(7-9-15)20-23-21(25-24-20)22-18(26)10-5-13-11-16(28-2)19(30-4)17(12-13)29-3/h6-9,11-12H,5,10H2,1-4H3,(H2,22,23,24,25,26). The lowest BCUT2D eigenvalue weighted by Gasteiger charge is -2.14. The van der Waals surface area contributed by atoms with Crippen molar-refractivity contribution in [3.05, 3.63) is 42.0 Å². The molecule has 3 rings (SSSR count). The first-order valence-electron chi connectivity index (χ1n) is 9.23. The molecule has 158 valence electrons. The summed E-state index contributed by atoms with van der Waals surface area (Å²) in [5, 5.41) is 9.57. The van der Waals surface area contributed by atoms with E-state index in [1.54, 1.807) is 28.4 Å². The quantitative estimate of drug-likeness (QED) is 0.556. The Balaban J connectivity index is 1.62. The van der Waals surface area contributed by atoms with Crippen molar-refractivity contribution in [1.29, 1.82) is 0 Å². The topological polar surface area (TPSA) is 108 Å². The van der Waals surface area contributed by atoms with E-state index in [2.05, 4.69) is 20.5 Å². The van der Waals surface area contributed by atoms with E-state index in [0.717, 1.165) is 16.9 Å². The van der Waals surface area contributed by atoms with Crippen molar-refractivity contribution in [2.24, 2.45) is 0 Å². The van der Waals surface area contributed by atoms with Gasteiger partial charge >= 0.3 is 0 Å². The van der Waals surface area contributed by atoms with Crippen LogP contribution in [0.3, 0.4) is 0 Å². The Hall–Kier alpha value is -3.75. The van der Waals surface area contributed by atoms with Crippen LogP contribution in [0.4, 0.5) is 5.95 Å². The lowest BCUT2D eigenvalue weighted by atomic mass is 10.1. The molecule has 0 aliphatic heterocycles. The highest BCUT2D eigenvalue weighted by Crippen LogP contribution is 2.38. The number of hydrogen-bond donors (Lipinski definition) is 2. The molecule has 0 spiro atoms. The third-order valence-electron chi connectivity index (χ3n) is 4.47. The zero-order valence-corrected chi connectivity index (χ0v) is 17.3. The molecule has 0 radical (unpaired) electrons. The number of rotatable bonds is 9. The summed E-state index contributed by atoms with van der Waals surface area (Å²) in [6.07, 6.45) is 0.726. The molecule has 30 heavy (non-hydrogen) atoms. The molecule has 0 unspecified atom stereocenters. The molecule has 0 aliphatic rings. The molecule has 1 amide bonds. The fraction of sp³-hybridized carbons (Fsp3) is 0.286. The summed E-state index contributed by atoms with van der Waals surface area (Å²) in [7, 11) is 6.26. The van der Waals surface area contributed by atoms with E-state index in [9.17, 15) is 4.79 Å². The van der Waals surface area contributed by atoms with Gasteiger partial charge < -0.3 is 18.9 Å². The SMILES string of the molecule is COc1ccc(-c2nc(NC(=O)CCc3cc(OC)c(OC)c(OC)c3)n[nH]2)cc1. The number of ether oxygens (including phenoxy) is 4. The number of carbonyl (C=O) groups excluding carboxylic acids is 1. The van der Waals surface area contributed by atoms with E-state index in [1.165, 1.54) is 0 Å². The minimum atomic E-state index is -0.205. The van der Waals surface area contributed by atoms with Crippen LogP contribution >= 0.6 is 0 Å². The summed E-state index contributed by atoms with van der Waals surface area (Å²) in [5.74, 6) is 2.92. The first-order chi connectivity index (χ1) is 14.6. The first kappa shape index (κ1) is 21.0. The Morgan fingerprint density at radius 2 is 1.63 bits per heavy atom. The minimum absolute atomic E-state index is 0.205. The minimum Gasteiger partial charge on any atom is -0.497 e. The van der Waals surface area contributed by atoms with Crippen LogP contribution in [0.2, 0.25) is 0 Å². The maximum absolute atomic E-state index is 12.3. The number of benzene rings is 2. The van der Waals surface area contributed by atoms with Crippen molar-refractivity contribution in [2.75, 3.05) is 33.8 Å². The van der Waals surface area contributed by atoms with Crippen molar-refractivity contribution in [1.82, 2.24) is 15.2 Å². The number of aromatic nitrogens is 3. The number of nitrogens with zero attached hydrogens (tertiary/aromatic N) is 2. The van der Waals surface area contributed by atoms with Crippen molar-refractivity contribution in [3.8, 4) is 34.4 Å². The van der Waals surface area contributed by atoms with Crippen LogP contribution in [-0.2, 0) is 11.2 Å². The largest absolute Gasteiger partial charge is 0.497 e. The molecule has 9 nitrogen and oxygen atoms in total. The highest BCUT2D eigenvalue weighted by molar-refractivity contribution is 5.89. The van der Waals surface area contributed by atoms with Crippen LogP contribution in [0.1, 0.15) is 12.0 Å². The van der Waals surface area contributed by atoms with Crippen LogP contribution in [0, 0.1) is 0 Å². The van der Waals surface area contributed by atoms with E-state index >= 15 is 0 Å². The molecule has 2 aromatic carbocycles. The summed E-state index contributed by atoms with van der Waals surface area (Å²) in [6.45, 7) is 0. The maximum atomic E-state index is 12.3. The second-order valence-electron chi connectivity index (χ2n) is 6.32. The molecule has 0 fully saturated rings. The van der Waals surface area contributed by atoms with E-state index < -0.39 is 0 Å². The van der Waals surface area contributed by atoms with Gasteiger partial charge in [0.25, 0.3) is 0 Å². The number of nitrogens with one attached hydrogen (secondary N) is 2. The molecule has 0 bridgehead atoms. The first-order valence-corrected chi connectivity index (χ1v) is 9.23. The van der Waals surface area contributed by atoms with Gasteiger partial charge in [-0.25, -0.2) is 0 Å². The lowest BCUT2D eigenvalue weighted by Crippen LogP contribution is -2.13. The van der Waals surface area contributed by atoms with Crippen molar-refractivity contribution in [3.63, 3.8) is 0 Å². The number of methoxy groups -OCH3 is 4. The number of amides is 1. The Bertz CT molecular complexity index is 976. The van der Waals surface area contributed by atoms with Crippen LogP contribution in [0.25, 0.3) is 11.4 Å². The summed E-state index contributed by atoms with van der Waals surface area (Å²) < 4.78 is 21.1. The molecule has 1 aromatic heterocycles. The Kier molecular flexibility index (Phi) is 6.74. The van der Waals surface area contributed by atoms with Crippen LogP contribution in [0.5, 0.6) is 23.0 Å². The van der Waals surface area contributed by atoms with Crippen LogP contribution < -0.4 is 24.3 Å². The highest BCUT2D eigenvalue weighted by Gasteiger charge is 2.15. The van der Waals surface area contributed by atoms with E-state index in [1.807, 2.05) is 36.4 Å². The van der Waals surface area contributed by atoms with E-state index in [-0.39, 0.29) is 18.3 Å². The fourth-order valence-corrected chi connectivity index (χ4v) is 2.92. The average Bonchev–Trinajstić information content (AvgIpc) is 3.25. The van der Waals surface area contributed by atoms with Crippen molar-refractivity contribution in [2.45, 2.75) is 12.8 Å². The molecule has 1 heterocycles. The lowest BCUT2D eigenvalue weighted by molar-refractivity contribution is -0.116. The van der Waals surface area contributed by atoms with Gasteiger partial charge in [0.2, 0.25) is 17.6 Å². The van der Waals surface area contributed by atoms with Gasteiger partial charge in [0.05, 0.1) is 28.4 Å². The molecule has 2 N–H and O–H groups in total. The zero-order valence-electron chi connectivity index (χ0n) is 17.3. The summed E-state index contributed by atoms with van der Waals surface area (Å²) in [4.78, 5) is 16.7. The summed E-state index contributed by atoms with van der Waals surface area (Å²) in [6, 6.07) is 11.0. The van der Waals surface area contributed by atoms with Gasteiger partial charge in [-0.2, -0.15) is 4.98 Å². The van der Waals surface area contributed by atoms with Crippen LogP contribution in [-0.4, -0.2) is 49.5 Å². The van der Waals surface area contributed by atoms with Gasteiger partial charge in [0.15, 0.2) is 17.3 Å². The molecule has 3 aromatic rings. The second-order valence-corrected chi connectivity index (χ2v) is 6.32. The number of anilines is 1. The monoisotopic (exact) mass is 412 g/mol. The molecule has 0 saturated carbocycles. The Morgan fingerprint density at radius 1 is 0.967 bits per heavy atom. The average molecular weight is 412 g/mol. The number of aryl methyl sites for hydroxylation is 1. The van der Waals surface area contributed by atoms with Crippen LogP contribution in [0.15, 0.2) is 36.4 Å². The molecule has 0 aliphatic carbocycles. The predicted octanol–water partition coefficient (Wildman–Crippen LogP) is 3.08. The smallest absolute Gasteiger partial charge is 0.249 e. The number of carbonyl (C=O) groups is 1. The zero-order chi connectivity index (χ0) is 21.5. The third-order valence-corrected chi connectivity index (χ3v) is 4.47. The Labute approximate surface area is 174 Å². The number of H-pyrrole nitrogens is 1. The van der Waals surface area contributed by atoms with Gasteiger partial charge in [-0.1, -0.05) is 0 Å². The van der Waals surface area contributed by atoms with Gasteiger partial charge in [-0.3, -0.25) is 15.2 Å². The summed E-state index contributed by atoms with van der Waals surface area (Å²) in [5.41, 5.74) is 1.72. The summed E-state index contributed by atoms with van der Waals surface area (Å²) >= 11 is 0. The highest BCUT2D eigenvalue weighted by atomic mass is 16.5. The van der Waals surface area contributed by atoms with Crippen molar-refractivity contribution >= 4 is 11.9 Å². The van der Waals surface area contributed by atoms with E-state index in [4.69, 9.17) is 18.9 Å². The van der Waals surface area contributed by atoms with Crippen molar-refractivity contribution < 1.29 is 23.7 Å². The third kappa shape index (κ3) is 4.80. The normalized spacial score (nSPS) is 10.4.